The van der Waals surface area contributed by atoms with E-state index < -0.39 is 11.9 Å². The highest BCUT2D eigenvalue weighted by Gasteiger charge is 2.36. The third-order valence-corrected chi connectivity index (χ3v) is 3.93. The molecule has 2 rings (SSSR count). The highest BCUT2D eigenvalue weighted by atomic mass is 79.9. The zero-order chi connectivity index (χ0) is 15.6. The van der Waals surface area contributed by atoms with Crippen LogP contribution in [0.25, 0.3) is 0 Å². The summed E-state index contributed by atoms with van der Waals surface area (Å²) in [5.74, 6) is 0.410. The number of hydrogen-bond acceptors (Lipinski definition) is 3. The van der Waals surface area contributed by atoms with E-state index in [1.165, 1.54) is 6.07 Å². The lowest BCUT2D eigenvalue weighted by molar-refractivity contribution is -0.141. The van der Waals surface area contributed by atoms with Gasteiger partial charge in [-0.25, -0.2) is 9.33 Å². The number of ether oxygens (including phenoxy) is 1. The number of aromatic nitrogens is 1. The first-order valence-corrected chi connectivity index (χ1v) is 7.67. The molecule has 0 aliphatic heterocycles. The number of halogens is 4. The first-order chi connectivity index (χ1) is 9.82. The molecule has 7 heteroatoms. The normalized spacial score (nSPS) is 22.4. The van der Waals surface area contributed by atoms with E-state index in [1.54, 1.807) is 0 Å². The highest BCUT2D eigenvalue weighted by molar-refractivity contribution is 9.08. The van der Waals surface area contributed by atoms with Crippen molar-refractivity contribution in [3.8, 4) is 0 Å². The van der Waals surface area contributed by atoms with Gasteiger partial charge in [-0.3, -0.25) is 0 Å². The van der Waals surface area contributed by atoms with Crippen LogP contribution in [0.5, 0.6) is 0 Å². The molecule has 1 heterocycles. The number of aryl methyl sites for hydroxylation is 1. The summed E-state index contributed by atoms with van der Waals surface area (Å²) >= 11 is 3.21. The van der Waals surface area contributed by atoms with Crippen molar-refractivity contribution in [1.29, 1.82) is 0 Å². The molecule has 2 atom stereocenters. The van der Waals surface area contributed by atoms with Crippen LogP contribution in [0, 0.1) is 5.92 Å². The topological polar surface area (TPSA) is 34.1 Å². The van der Waals surface area contributed by atoms with Crippen LogP contribution >= 0.6 is 16.1 Å². The average Bonchev–Trinajstić information content (AvgIpc) is 2.42. The molecule has 1 aromatic heterocycles. The number of pyridine rings is 1. The molecule has 1 aromatic rings. The molecule has 0 unspecified atom stereocenters. The van der Waals surface area contributed by atoms with E-state index >= 15 is 0 Å². The fraction of sp³-hybridized carbons (Fsp3) is 0.643. The molecule has 21 heavy (non-hydrogen) atoms. The van der Waals surface area contributed by atoms with Gasteiger partial charge >= 0.3 is 6.18 Å². The molecular formula is C14H18BrF3N2O. The van der Waals surface area contributed by atoms with Gasteiger partial charge in [-0.1, -0.05) is 19.9 Å². The fourth-order valence-corrected chi connectivity index (χ4v) is 2.97. The minimum atomic E-state index is -4.41. The third-order valence-electron chi connectivity index (χ3n) is 3.43. The van der Waals surface area contributed by atoms with Crippen molar-refractivity contribution in [2.75, 3.05) is 6.61 Å². The number of alkyl halides is 3. The van der Waals surface area contributed by atoms with Gasteiger partial charge in [0.25, 0.3) is 0 Å². The molecule has 1 N–H and O–H groups in total. The van der Waals surface area contributed by atoms with E-state index in [4.69, 9.17) is 4.74 Å². The number of rotatable bonds is 4. The first kappa shape index (κ1) is 16.7. The first-order valence-electron chi connectivity index (χ1n) is 6.87. The molecule has 0 saturated heterocycles. The Labute approximate surface area is 130 Å². The molecule has 0 fully saturated rings. The molecule has 0 amide bonds. The molecule has 0 radical (unpaired) electrons. The lowest BCUT2D eigenvalue weighted by Gasteiger charge is -2.32. The summed E-state index contributed by atoms with van der Waals surface area (Å²) in [6.45, 7) is 4.74. The smallest absolute Gasteiger partial charge is 0.376 e. The SMILES string of the molecule is CC(C)CO[C@H]1CCc2nc(C(F)(F)F)ccc2[C@H]1NBr. The lowest BCUT2D eigenvalue weighted by Crippen LogP contribution is -2.35. The molecule has 1 aliphatic carbocycles. The van der Waals surface area contributed by atoms with Gasteiger partial charge in [0.2, 0.25) is 0 Å². The van der Waals surface area contributed by atoms with E-state index in [2.05, 4.69) is 39.3 Å². The molecule has 3 nitrogen and oxygen atoms in total. The van der Waals surface area contributed by atoms with Gasteiger partial charge in [0.1, 0.15) is 5.69 Å². The summed E-state index contributed by atoms with van der Waals surface area (Å²) < 4.78 is 47.0. The van der Waals surface area contributed by atoms with Crippen LogP contribution in [0.1, 0.15) is 43.3 Å². The van der Waals surface area contributed by atoms with Crippen molar-refractivity contribution in [3.05, 3.63) is 29.1 Å². The Hall–Kier alpha value is -0.660. The minimum absolute atomic E-state index is 0.0715. The van der Waals surface area contributed by atoms with Gasteiger partial charge in [0, 0.05) is 28.4 Å². The molecular weight excluding hydrogens is 349 g/mol. The predicted molar refractivity (Wildman–Crippen MR) is 76.9 cm³/mol. The third kappa shape index (κ3) is 3.96. The van der Waals surface area contributed by atoms with Gasteiger partial charge in [0.05, 0.1) is 12.1 Å². The summed E-state index contributed by atoms with van der Waals surface area (Å²) in [6, 6.07) is 2.33. The van der Waals surface area contributed by atoms with Gasteiger partial charge in [0.15, 0.2) is 0 Å². The van der Waals surface area contributed by atoms with Crippen molar-refractivity contribution in [2.24, 2.45) is 5.92 Å². The molecule has 0 aromatic carbocycles. The van der Waals surface area contributed by atoms with Gasteiger partial charge in [-0.15, -0.1) is 0 Å². The maximum Gasteiger partial charge on any atom is 0.433 e. The number of nitrogens with zero attached hydrogens (tertiary/aromatic N) is 1. The summed E-state index contributed by atoms with van der Waals surface area (Å²) in [4.78, 5) is 3.77. The Morgan fingerprint density at radius 2 is 2.14 bits per heavy atom. The van der Waals surface area contributed by atoms with Crippen molar-refractivity contribution in [3.63, 3.8) is 0 Å². The van der Waals surface area contributed by atoms with E-state index in [-0.39, 0.29) is 12.1 Å². The van der Waals surface area contributed by atoms with Crippen molar-refractivity contribution >= 4 is 16.1 Å². The van der Waals surface area contributed by atoms with Crippen molar-refractivity contribution in [1.82, 2.24) is 9.33 Å². The van der Waals surface area contributed by atoms with E-state index in [9.17, 15) is 13.2 Å². The van der Waals surface area contributed by atoms with Crippen molar-refractivity contribution < 1.29 is 17.9 Å². The maximum absolute atomic E-state index is 12.7. The van der Waals surface area contributed by atoms with Crippen LogP contribution in [0.15, 0.2) is 12.1 Å². The second kappa shape index (κ2) is 6.62. The largest absolute Gasteiger partial charge is 0.433 e. The Bertz CT molecular complexity index is 494. The maximum atomic E-state index is 12.7. The molecule has 0 bridgehead atoms. The molecule has 0 saturated carbocycles. The molecule has 118 valence electrons. The summed E-state index contributed by atoms with van der Waals surface area (Å²) in [5.41, 5.74) is 0.419. The Kier molecular flexibility index (Phi) is 5.27. The van der Waals surface area contributed by atoms with E-state index in [0.717, 1.165) is 11.6 Å². The Balaban J connectivity index is 2.22. The van der Waals surface area contributed by atoms with Gasteiger partial charge in [-0.05, 0) is 30.4 Å². The van der Waals surface area contributed by atoms with E-state index in [1.807, 2.05) is 0 Å². The average molecular weight is 367 g/mol. The number of hydrogen-bond donors (Lipinski definition) is 1. The Morgan fingerprint density at radius 3 is 2.71 bits per heavy atom. The van der Waals surface area contributed by atoms with Gasteiger partial charge < -0.3 is 4.74 Å². The predicted octanol–water partition coefficient (Wildman–Crippen LogP) is 4.03. The van der Waals surface area contributed by atoms with Gasteiger partial charge in [-0.2, -0.15) is 13.2 Å². The second-order valence-corrected chi connectivity index (χ2v) is 6.08. The number of nitrogens with one attached hydrogen (secondary N) is 1. The van der Waals surface area contributed by atoms with Crippen LogP contribution in [0.2, 0.25) is 0 Å². The van der Waals surface area contributed by atoms with Crippen LogP contribution in [0.3, 0.4) is 0 Å². The minimum Gasteiger partial charge on any atom is -0.376 e. The number of fused-ring (bicyclic) bond motifs is 1. The molecule has 0 spiro atoms. The quantitative estimate of drug-likeness (QED) is 0.816. The van der Waals surface area contributed by atoms with Crippen LogP contribution in [-0.4, -0.2) is 17.7 Å². The van der Waals surface area contributed by atoms with Crippen molar-refractivity contribution in [2.45, 2.75) is 45.0 Å². The van der Waals surface area contributed by atoms with Crippen LogP contribution in [-0.2, 0) is 17.3 Å². The standard InChI is InChI=1S/C14H18BrF3N2O/c1-8(2)7-21-11-5-4-10-9(13(11)20-15)3-6-12(19-10)14(16,17)18/h3,6,8,11,13,20H,4-5,7H2,1-2H3/t11-,13+/m0/s1. The zero-order valence-electron chi connectivity index (χ0n) is 11.9. The Morgan fingerprint density at radius 1 is 1.43 bits per heavy atom. The zero-order valence-corrected chi connectivity index (χ0v) is 13.5. The summed E-state index contributed by atoms with van der Waals surface area (Å²) in [6.07, 6.45) is -3.33. The fourth-order valence-electron chi connectivity index (χ4n) is 2.42. The summed E-state index contributed by atoms with van der Waals surface area (Å²) in [5, 5.41) is 0. The molecule has 1 aliphatic rings. The monoisotopic (exact) mass is 366 g/mol. The lowest BCUT2D eigenvalue weighted by atomic mass is 9.89. The summed E-state index contributed by atoms with van der Waals surface area (Å²) in [7, 11) is 0. The van der Waals surface area contributed by atoms with E-state index in [0.29, 0.717) is 31.1 Å². The van der Waals surface area contributed by atoms with Crippen LogP contribution < -0.4 is 4.34 Å². The van der Waals surface area contributed by atoms with Crippen LogP contribution in [0.4, 0.5) is 13.2 Å². The second-order valence-electron chi connectivity index (χ2n) is 5.62. The highest BCUT2D eigenvalue weighted by Crippen LogP contribution is 2.35.